The maximum atomic E-state index is 5.89. The number of nitrogens with one attached hydrogen (secondary N) is 1. The fourth-order valence-electron chi connectivity index (χ4n) is 3.78. The zero-order valence-electron chi connectivity index (χ0n) is 11.4. The third-order valence-electron chi connectivity index (χ3n) is 4.99. The number of piperidine rings is 1. The number of fused-ring (bicyclic) bond motifs is 2. The van der Waals surface area contributed by atoms with Crippen molar-refractivity contribution in [3.63, 3.8) is 0 Å². The van der Waals surface area contributed by atoms with E-state index in [2.05, 4.69) is 17.4 Å². The standard InChI is InChI=1S/C14H21N3O2/c1-14(5-2-6-15-8-14)13-16-12(17-19-13)10-7-9-3-4-11(10)18-9/h9-11,15H,2-8H2,1H3. The summed E-state index contributed by atoms with van der Waals surface area (Å²) in [5.74, 6) is 2.03. The zero-order chi connectivity index (χ0) is 12.9. The van der Waals surface area contributed by atoms with Crippen LogP contribution in [0.3, 0.4) is 0 Å². The Bertz CT molecular complexity index is 467. The van der Waals surface area contributed by atoms with Crippen LogP contribution < -0.4 is 5.32 Å². The van der Waals surface area contributed by atoms with E-state index in [1.54, 1.807) is 0 Å². The van der Waals surface area contributed by atoms with Gasteiger partial charge in [0.05, 0.1) is 23.5 Å². The van der Waals surface area contributed by atoms with E-state index >= 15 is 0 Å². The molecule has 3 aliphatic rings. The third-order valence-corrected chi connectivity index (χ3v) is 4.99. The maximum absolute atomic E-state index is 5.89. The van der Waals surface area contributed by atoms with Crippen LogP contribution in [0.1, 0.15) is 56.7 Å². The van der Waals surface area contributed by atoms with Gasteiger partial charge in [0, 0.05) is 6.54 Å². The quantitative estimate of drug-likeness (QED) is 0.880. The van der Waals surface area contributed by atoms with Gasteiger partial charge in [-0.05, 0) is 45.6 Å². The Hall–Kier alpha value is -0.940. The number of rotatable bonds is 2. The minimum atomic E-state index is 0.00196. The summed E-state index contributed by atoms with van der Waals surface area (Å²) in [7, 11) is 0. The van der Waals surface area contributed by atoms with Crippen LogP contribution in [0.25, 0.3) is 0 Å². The minimum absolute atomic E-state index is 0.00196. The lowest BCUT2D eigenvalue weighted by Crippen LogP contribution is -2.41. The molecule has 1 N–H and O–H groups in total. The van der Waals surface area contributed by atoms with Crippen molar-refractivity contribution in [2.45, 2.75) is 62.6 Å². The van der Waals surface area contributed by atoms with Gasteiger partial charge in [-0.15, -0.1) is 0 Å². The first-order chi connectivity index (χ1) is 9.24. The molecule has 0 aromatic carbocycles. The summed E-state index contributed by atoms with van der Waals surface area (Å²) in [5.41, 5.74) is 0.00196. The molecule has 4 unspecified atom stereocenters. The monoisotopic (exact) mass is 263 g/mol. The lowest BCUT2D eigenvalue weighted by Gasteiger charge is -2.30. The Morgan fingerprint density at radius 1 is 1.37 bits per heavy atom. The summed E-state index contributed by atoms with van der Waals surface area (Å²) >= 11 is 0. The average molecular weight is 263 g/mol. The van der Waals surface area contributed by atoms with Gasteiger partial charge in [-0.1, -0.05) is 5.16 Å². The number of hydrogen-bond acceptors (Lipinski definition) is 5. The molecule has 3 aliphatic heterocycles. The topological polar surface area (TPSA) is 60.2 Å². The summed E-state index contributed by atoms with van der Waals surface area (Å²) < 4.78 is 11.5. The van der Waals surface area contributed by atoms with E-state index in [0.717, 1.165) is 44.1 Å². The van der Waals surface area contributed by atoms with E-state index in [9.17, 15) is 0 Å². The molecule has 1 aromatic rings. The molecule has 104 valence electrons. The molecule has 0 amide bonds. The third kappa shape index (κ3) is 1.91. The molecule has 4 heterocycles. The first-order valence-corrected chi connectivity index (χ1v) is 7.45. The molecule has 0 aliphatic carbocycles. The van der Waals surface area contributed by atoms with Gasteiger partial charge in [-0.25, -0.2) is 0 Å². The van der Waals surface area contributed by atoms with Crippen LogP contribution in [0.15, 0.2) is 4.52 Å². The Morgan fingerprint density at radius 3 is 3.00 bits per heavy atom. The van der Waals surface area contributed by atoms with Crippen LogP contribution in [0.5, 0.6) is 0 Å². The van der Waals surface area contributed by atoms with Crippen molar-refractivity contribution < 1.29 is 9.26 Å². The molecule has 5 nitrogen and oxygen atoms in total. The van der Waals surface area contributed by atoms with Gasteiger partial charge >= 0.3 is 0 Å². The molecule has 3 fully saturated rings. The van der Waals surface area contributed by atoms with Crippen molar-refractivity contribution >= 4 is 0 Å². The Morgan fingerprint density at radius 2 is 2.32 bits per heavy atom. The van der Waals surface area contributed by atoms with Crippen LogP contribution in [0, 0.1) is 0 Å². The molecular weight excluding hydrogens is 242 g/mol. The second kappa shape index (κ2) is 4.28. The molecule has 0 saturated carbocycles. The van der Waals surface area contributed by atoms with Crippen molar-refractivity contribution in [1.29, 1.82) is 0 Å². The minimum Gasteiger partial charge on any atom is -0.374 e. The van der Waals surface area contributed by atoms with Gasteiger partial charge in [-0.2, -0.15) is 4.98 Å². The largest absolute Gasteiger partial charge is 0.374 e. The highest BCUT2D eigenvalue weighted by Crippen LogP contribution is 2.44. The highest BCUT2D eigenvalue weighted by molar-refractivity contribution is 5.11. The van der Waals surface area contributed by atoms with Crippen molar-refractivity contribution in [2.75, 3.05) is 13.1 Å². The van der Waals surface area contributed by atoms with Crippen molar-refractivity contribution in [1.82, 2.24) is 15.5 Å². The molecule has 3 saturated heterocycles. The molecule has 5 heteroatoms. The summed E-state index contributed by atoms with van der Waals surface area (Å²) in [5, 5.41) is 7.67. The molecule has 4 rings (SSSR count). The Balaban J connectivity index is 1.56. The van der Waals surface area contributed by atoms with Crippen LogP contribution >= 0.6 is 0 Å². The van der Waals surface area contributed by atoms with Crippen molar-refractivity contribution in [3.8, 4) is 0 Å². The van der Waals surface area contributed by atoms with Gasteiger partial charge in [0.15, 0.2) is 5.82 Å². The van der Waals surface area contributed by atoms with E-state index in [0.29, 0.717) is 18.1 Å². The lowest BCUT2D eigenvalue weighted by atomic mass is 9.82. The summed E-state index contributed by atoms with van der Waals surface area (Å²) in [6, 6.07) is 0. The van der Waals surface area contributed by atoms with E-state index in [-0.39, 0.29) is 5.41 Å². The fourth-order valence-corrected chi connectivity index (χ4v) is 3.78. The molecule has 4 atom stereocenters. The number of hydrogen-bond donors (Lipinski definition) is 1. The van der Waals surface area contributed by atoms with Gasteiger partial charge in [0.1, 0.15) is 0 Å². The smallest absolute Gasteiger partial charge is 0.233 e. The van der Waals surface area contributed by atoms with Crippen LogP contribution in [-0.4, -0.2) is 35.4 Å². The SMILES string of the molecule is CC1(c2nc(C3CC4CCC3O4)no2)CCCNC1. The molecule has 1 aromatic heterocycles. The van der Waals surface area contributed by atoms with Crippen LogP contribution in [0.2, 0.25) is 0 Å². The lowest BCUT2D eigenvalue weighted by molar-refractivity contribution is 0.0996. The van der Waals surface area contributed by atoms with E-state index < -0.39 is 0 Å². The first kappa shape index (κ1) is 11.9. The summed E-state index contributed by atoms with van der Waals surface area (Å²) in [6.07, 6.45) is 6.47. The number of nitrogens with zero attached hydrogens (tertiary/aromatic N) is 2. The predicted molar refractivity (Wildman–Crippen MR) is 69.0 cm³/mol. The first-order valence-electron chi connectivity index (χ1n) is 7.45. The fraction of sp³-hybridized carbons (Fsp3) is 0.857. The van der Waals surface area contributed by atoms with Gasteiger partial charge in [-0.3, -0.25) is 0 Å². The number of ether oxygens (including phenoxy) is 1. The molecule has 19 heavy (non-hydrogen) atoms. The average Bonchev–Trinajstić information content (AvgIpc) is 3.15. The molecule has 0 radical (unpaired) electrons. The van der Waals surface area contributed by atoms with Crippen LogP contribution in [0.4, 0.5) is 0 Å². The summed E-state index contributed by atoms with van der Waals surface area (Å²) in [6.45, 7) is 4.24. The molecular formula is C14H21N3O2. The number of aromatic nitrogens is 2. The molecule has 2 bridgehead atoms. The normalized spacial score (nSPS) is 41.8. The van der Waals surface area contributed by atoms with E-state index in [4.69, 9.17) is 14.2 Å². The van der Waals surface area contributed by atoms with E-state index in [1.165, 1.54) is 12.8 Å². The molecule has 0 spiro atoms. The highest BCUT2D eigenvalue weighted by Gasteiger charge is 2.44. The van der Waals surface area contributed by atoms with Crippen LogP contribution in [-0.2, 0) is 10.2 Å². The van der Waals surface area contributed by atoms with Gasteiger partial charge < -0.3 is 14.6 Å². The zero-order valence-corrected chi connectivity index (χ0v) is 11.4. The highest BCUT2D eigenvalue weighted by atomic mass is 16.5. The van der Waals surface area contributed by atoms with E-state index in [1.807, 2.05) is 0 Å². The summed E-state index contributed by atoms with van der Waals surface area (Å²) in [4.78, 5) is 4.71. The van der Waals surface area contributed by atoms with Gasteiger partial charge in [0.2, 0.25) is 5.89 Å². The Kier molecular flexibility index (Phi) is 2.67. The van der Waals surface area contributed by atoms with Crippen molar-refractivity contribution in [3.05, 3.63) is 11.7 Å². The van der Waals surface area contributed by atoms with Gasteiger partial charge in [0.25, 0.3) is 0 Å². The Labute approximate surface area is 113 Å². The maximum Gasteiger partial charge on any atom is 0.233 e. The second-order valence-corrected chi connectivity index (χ2v) is 6.51. The van der Waals surface area contributed by atoms with Crippen molar-refractivity contribution in [2.24, 2.45) is 0 Å². The second-order valence-electron chi connectivity index (χ2n) is 6.51. The predicted octanol–water partition coefficient (Wildman–Crippen LogP) is 1.75.